The zero-order chi connectivity index (χ0) is 27.6. The molecule has 2 aliphatic heterocycles. The van der Waals surface area contributed by atoms with Gasteiger partial charge in [-0.25, -0.2) is 0 Å². The summed E-state index contributed by atoms with van der Waals surface area (Å²) in [5.74, 6) is 0.447. The van der Waals surface area contributed by atoms with Crippen LogP contribution in [0.4, 0.5) is 0 Å². The van der Waals surface area contributed by atoms with Crippen LogP contribution in [0.1, 0.15) is 51.5 Å². The molecule has 10 heteroatoms. The number of nitrogens with zero attached hydrogens (tertiary/aromatic N) is 3. The van der Waals surface area contributed by atoms with Crippen LogP contribution in [0.3, 0.4) is 0 Å². The first-order chi connectivity index (χ1) is 18.0. The minimum Gasteiger partial charge on any atom is -0.383 e. The third-order valence-corrected chi connectivity index (χ3v) is 9.36. The third-order valence-electron chi connectivity index (χ3n) is 8.62. The van der Waals surface area contributed by atoms with Gasteiger partial charge in [-0.2, -0.15) is 0 Å². The van der Waals surface area contributed by atoms with Crippen LogP contribution in [0.5, 0.6) is 0 Å². The first kappa shape index (κ1) is 29.1. The van der Waals surface area contributed by atoms with Crippen molar-refractivity contribution in [2.24, 2.45) is 23.7 Å². The van der Waals surface area contributed by atoms with E-state index in [1.807, 2.05) is 19.9 Å². The Bertz CT molecular complexity index is 1030. The second kappa shape index (κ2) is 12.5. The molecule has 3 fully saturated rings. The summed E-state index contributed by atoms with van der Waals surface area (Å²) in [6.07, 6.45) is 3.70. The second-order valence-corrected chi connectivity index (χ2v) is 12.3. The molecule has 0 radical (unpaired) electrons. The minimum absolute atomic E-state index is 0.0379. The van der Waals surface area contributed by atoms with Crippen molar-refractivity contribution in [2.45, 2.75) is 64.6 Å². The van der Waals surface area contributed by atoms with Crippen molar-refractivity contribution < 1.29 is 19.5 Å². The topological polar surface area (TPSA) is 93.2 Å². The Balaban J connectivity index is 1.29. The summed E-state index contributed by atoms with van der Waals surface area (Å²) in [5, 5.41) is 14.6. The van der Waals surface area contributed by atoms with E-state index in [2.05, 4.69) is 5.32 Å². The number of aliphatic hydroxyl groups is 1. The van der Waals surface area contributed by atoms with E-state index in [4.69, 9.17) is 23.2 Å². The molecule has 0 bridgehead atoms. The number of carbonyl (C=O) groups excluding carboxylic acids is 3. The monoisotopic (exact) mass is 566 g/mol. The SMILES string of the molecule is CC(C)[C@H](O)C(=O)N1CCC(C2CCC3NCN(CC(=O)N(C)Cc4ccc(Cl)c(Cl)c4)C(=O)C3C2)CC1. The molecule has 3 unspecified atom stereocenters. The Morgan fingerprint density at radius 3 is 2.47 bits per heavy atom. The van der Waals surface area contributed by atoms with Crippen LogP contribution in [0, 0.1) is 23.7 Å². The average Bonchev–Trinajstić information content (AvgIpc) is 2.91. The highest BCUT2D eigenvalue weighted by Gasteiger charge is 2.43. The first-order valence-corrected chi connectivity index (χ1v) is 14.5. The normalized spacial score (nSPS) is 25.3. The molecule has 8 nitrogen and oxygen atoms in total. The summed E-state index contributed by atoms with van der Waals surface area (Å²) in [6.45, 7) is 5.84. The highest BCUT2D eigenvalue weighted by atomic mass is 35.5. The third kappa shape index (κ3) is 6.64. The van der Waals surface area contributed by atoms with Gasteiger partial charge in [0.25, 0.3) is 5.91 Å². The molecule has 0 spiro atoms. The number of aliphatic hydroxyl groups excluding tert-OH is 1. The van der Waals surface area contributed by atoms with Gasteiger partial charge < -0.3 is 19.8 Å². The largest absolute Gasteiger partial charge is 0.383 e. The highest BCUT2D eigenvalue weighted by Crippen LogP contribution is 2.40. The van der Waals surface area contributed by atoms with Crippen molar-refractivity contribution in [3.63, 3.8) is 0 Å². The number of likely N-dealkylation sites (tertiary alicyclic amines) is 1. The van der Waals surface area contributed by atoms with Gasteiger partial charge in [-0.1, -0.05) is 43.1 Å². The van der Waals surface area contributed by atoms with Crippen LogP contribution in [-0.4, -0.2) is 83.0 Å². The Hall–Kier alpha value is -1.87. The lowest BCUT2D eigenvalue weighted by Crippen LogP contribution is -2.60. The van der Waals surface area contributed by atoms with Crippen LogP contribution in [0.25, 0.3) is 0 Å². The molecule has 0 aromatic heterocycles. The number of benzene rings is 1. The van der Waals surface area contributed by atoms with Gasteiger partial charge in [0.1, 0.15) is 12.6 Å². The van der Waals surface area contributed by atoms with Crippen molar-refractivity contribution in [3.05, 3.63) is 33.8 Å². The number of fused-ring (bicyclic) bond motifs is 1. The van der Waals surface area contributed by atoms with Gasteiger partial charge in [0.15, 0.2) is 0 Å². The molecule has 2 N–H and O–H groups in total. The second-order valence-electron chi connectivity index (χ2n) is 11.5. The fourth-order valence-corrected chi connectivity index (χ4v) is 6.49. The zero-order valence-electron chi connectivity index (χ0n) is 22.5. The summed E-state index contributed by atoms with van der Waals surface area (Å²) in [4.78, 5) is 44.0. The number of halogens is 2. The maximum absolute atomic E-state index is 13.5. The minimum atomic E-state index is -0.940. The van der Waals surface area contributed by atoms with E-state index in [0.717, 1.165) is 37.7 Å². The van der Waals surface area contributed by atoms with Gasteiger partial charge in [0.2, 0.25) is 11.8 Å². The van der Waals surface area contributed by atoms with Gasteiger partial charge >= 0.3 is 0 Å². The number of rotatable bonds is 7. The van der Waals surface area contributed by atoms with Crippen molar-refractivity contribution >= 4 is 40.9 Å². The van der Waals surface area contributed by atoms with Gasteiger partial charge in [-0.15, -0.1) is 0 Å². The predicted octanol–water partition coefficient (Wildman–Crippen LogP) is 3.38. The number of carbonyl (C=O) groups is 3. The van der Waals surface area contributed by atoms with Crippen LogP contribution in [0.15, 0.2) is 18.2 Å². The van der Waals surface area contributed by atoms with Crippen LogP contribution in [0.2, 0.25) is 10.0 Å². The van der Waals surface area contributed by atoms with E-state index in [-0.39, 0.29) is 42.1 Å². The van der Waals surface area contributed by atoms with Crippen molar-refractivity contribution in [1.82, 2.24) is 20.0 Å². The van der Waals surface area contributed by atoms with Crippen LogP contribution in [-0.2, 0) is 20.9 Å². The lowest BCUT2D eigenvalue weighted by molar-refractivity contribution is -0.149. The molecule has 210 valence electrons. The maximum atomic E-state index is 13.5. The van der Waals surface area contributed by atoms with Crippen LogP contribution >= 0.6 is 23.2 Å². The van der Waals surface area contributed by atoms with E-state index < -0.39 is 6.10 Å². The molecule has 1 saturated carbocycles. The fourth-order valence-electron chi connectivity index (χ4n) is 6.17. The summed E-state index contributed by atoms with van der Waals surface area (Å²) in [5.41, 5.74) is 0.875. The number of nitrogens with one attached hydrogen (secondary N) is 1. The number of piperidine rings is 1. The number of likely N-dealkylation sites (N-methyl/N-ethyl adjacent to an activating group) is 1. The van der Waals surface area contributed by atoms with Gasteiger partial charge in [-0.05, 0) is 67.6 Å². The standard InChI is InChI=1S/C28H40Cl2N4O4/c1-17(2)26(36)28(38)33-10-8-19(9-11-33)20-5-7-24-21(13-20)27(37)34(16-31-24)15-25(35)32(3)14-18-4-6-22(29)23(30)12-18/h4,6,12,17,19-21,24,26,31,36H,5,7-11,13-16H2,1-3H3/t20?,21?,24?,26-/m0/s1. The molecule has 4 atom stereocenters. The van der Waals surface area contributed by atoms with Crippen molar-refractivity contribution in [2.75, 3.05) is 33.4 Å². The van der Waals surface area contributed by atoms with E-state index in [1.54, 1.807) is 33.9 Å². The van der Waals surface area contributed by atoms with Crippen LogP contribution < -0.4 is 5.32 Å². The van der Waals surface area contributed by atoms with Gasteiger partial charge in [-0.3, -0.25) is 19.7 Å². The Labute approximate surface area is 235 Å². The number of amides is 3. The quantitative estimate of drug-likeness (QED) is 0.527. The number of hydrogen-bond donors (Lipinski definition) is 2. The summed E-state index contributed by atoms with van der Waals surface area (Å²) in [6, 6.07) is 5.46. The number of hydrogen-bond acceptors (Lipinski definition) is 5. The molecule has 2 saturated heterocycles. The summed E-state index contributed by atoms with van der Waals surface area (Å²) in [7, 11) is 1.73. The van der Waals surface area contributed by atoms with Gasteiger partial charge in [0.05, 0.1) is 22.6 Å². The molecule has 1 aliphatic carbocycles. The highest BCUT2D eigenvalue weighted by molar-refractivity contribution is 6.42. The molecule has 38 heavy (non-hydrogen) atoms. The Kier molecular flexibility index (Phi) is 9.61. The smallest absolute Gasteiger partial charge is 0.251 e. The summed E-state index contributed by atoms with van der Waals surface area (Å²) >= 11 is 12.1. The molecule has 3 amide bonds. The molecule has 4 rings (SSSR count). The summed E-state index contributed by atoms with van der Waals surface area (Å²) < 4.78 is 0. The molecular formula is C28H40Cl2N4O4. The molecule has 1 aromatic rings. The Morgan fingerprint density at radius 2 is 1.82 bits per heavy atom. The van der Waals surface area contributed by atoms with E-state index in [0.29, 0.717) is 48.2 Å². The Morgan fingerprint density at radius 1 is 1.11 bits per heavy atom. The zero-order valence-corrected chi connectivity index (χ0v) is 24.0. The van der Waals surface area contributed by atoms with Gasteiger partial charge in [0, 0.05) is 32.7 Å². The average molecular weight is 568 g/mol. The maximum Gasteiger partial charge on any atom is 0.251 e. The van der Waals surface area contributed by atoms with E-state index >= 15 is 0 Å². The lowest BCUT2D eigenvalue weighted by Gasteiger charge is -2.46. The van der Waals surface area contributed by atoms with Crippen molar-refractivity contribution in [3.8, 4) is 0 Å². The van der Waals surface area contributed by atoms with E-state index in [9.17, 15) is 19.5 Å². The molecule has 1 aromatic carbocycles. The van der Waals surface area contributed by atoms with E-state index in [1.165, 1.54) is 0 Å². The predicted molar refractivity (Wildman–Crippen MR) is 147 cm³/mol. The molecule has 3 aliphatic rings. The first-order valence-electron chi connectivity index (χ1n) is 13.7. The fraction of sp³-hybridized carbons (Fsp3) is 0.679. The van der Waals surface area contributed by atoms with Crippen molar-refractivity contribution in [1.29, 1.82) is 0 Å². The molecule has 2 heterocycles. The lowest BCUT2D eigenvalue weighted by atomic mass is 9.69. The molecular weight excluding hydrogens is 527 g/mol.